The van der Waals surface area contributed by atoms with E-state index in [4.69, 9.17) is 4.42 Å². The summed E-state index contributed by atoms with van der Waals surface area (Å²) in [6.45, 7) is 2.42. The fourth-order valence-corrected chi connectivity index (χ4v) is 3.81. The number of hydrogen-bond acceptors (Lipinski definition) is 6. The third-order valence-corrected chi connectivity index (χ3v) is 5.31. The summed E-state index contributed by atoms with van der Waals surface area (Å²) >= 11 is 1.53. The molecule has 2 aromatic heterocycles. The van der Waals surface area contributed by atoms with E-state index in [-0.39, 0.29) is 5.91 Å². The van der Waals surface area contributed by atoms with E-state index < -0.39 is 0 Å². The molecule has 132 valence electrons. The fourth-order valence-electron chi connectivity index (χ4n) is 2.74. The first kappa shape index (κ1) is 16.5. The van der Waals surface area contributed by atoms with E-state index in [1.165, 1.54) is 11.3 Å². The minimum absolute atomic E-state index is 0.163. The third-order valence-electron chi connectivity index (χ3n) is 4.14. The van der Waals surface area contributed by atoms with Crippen LogP contribution in [0, 0.1) is 6.92 Å². The zero-order valence-electron chi connectivity index (χ0n) is 14.7. The summed E-state index contributed by atoms with van der Waals surface area (Å²) in [4.78, 5) is 25.2. The molecule has 0 saturated heterocycles. The second kappa shape index (κ2) is 6.42. The maximum atomic E-state index is 12.5. The number of anilines is 1. The zero-order valence-corrected chi connectivity index (χ0v) is 15.6. The van der Waals surface area contributed by atoms with Crippen molar-refractivity contribution in [2.75, 3.05) is 19.0 Å². The number of hydrogen-bond donors (Lipinski definition) is 1. The average molecular weight is 366 g/mol. The molecule has 0 unspecified atom stereocenters. The molecule has 7 heteroatoms. The van der Waals surface area contributed by atoms with Gasteiger partial charge in [-0.25, -0.2) is 4.98 Å². The Labute approximate surface area is 155 Å². The normalized spacial score (nSPS) is 12.7. The van der Waals surface area contributed by atoms with Crippen molar-refractivity contribution in [2.45, 2.75) is 13.5 Å². The van der Waals surface area contributed by atoms with Crippen molar-refractivity contribution in [1.82, 2.24) is 10.3 Å². The van der Waals surface area contributed by atoms with Crippen molar-refractivity contribution in [2.24, 2.45) is 4.99 Å². The molecule has 1 aliphatic rings. The van der Waals surface area contributed by atoms with Gasteiger partial charge < -0.3 is 14.6 Å². The van der Waals surface area contributed by atoms with Crippen LogP contribution in [0.25, 0.3) is 10.8 Å². The van der Waals surface area contributed by atoms with Gasteiger partial charge in [-0.05, 0) is 42.8 Å². The molecule has 3 heterocycles. The minimum Gasteiger partial charge on any atom is -0.441 e. The van der Waals surface area contributed by atoms with Crippen molar-refractivity contribution in [3.63, 3.8) is 0 Å². The van der Waals surface area contributed by atoms with Gasteiger partial charge in [0.05, 0.1) is 22.5 Å². The van der Waals surface area contributed by atoms with E-state index in [2.05, 4.69) is 15.3 Å². The summed E-state index contributed by atoms with van der Waals surface area (Å²) < 4.78 is 5.59. The number of aryl methyl sites for hydroxylation is 1. The van der Waals surface area contributed by atoms with Crippen LogP contribution >= 0.6 is 11.3 Å². The molecule has 1 amide bonds. The Hall–Kier alpha value is -2.93. The molecule has 0 aliphatic carbocycles. The lowest BCUT2D eigenvalue weighted by Crippen LogP contribution is -2.29. The van der Waals surface area contributed by atoms with Crippen LogP contribution in [0.3, 0.4) is 0 Å². The van der Waals surface area contributed by atoms with Gasteiger partial charge >= 0.3 is 0 Å². The van der Waals surface area contributed by atoms with Gasteiger partial charge in [-0.2, -0.15) is 0 Å². The lowest BCUT2D eigenvalue weighted by Gasteiger charge is -2.12. The number of carbonyl (C=O) groups is 1. The van der Waals surface area contributed by atoms with Crippen LogP contribution in [0.2, 0.25) is 0 Å². The number of rotatable bonds is 3. The minimum atomic E-state index is -0.163. The van der Waals surface area contributed by atoms with Gasteiger partial charge in [-0.3, -0.25) is 9.79 Å². The number of benzene rings is 1. The Morgan fingerprint density at radius 2 is 2.04 bits per heavy atom. The number of oxazole rings is 1. The molecule has 1 aromatic carbocycles. The number of carbonyl (C=O) groups excluding carboxylic acids is 1. The molecule has 0 bridgehead atoms. The first-order valence-electron chi connectivity index (χ1n) is 8.20. The zero-order chi connectivity index (χ0) is 18.3. The van der Waals surface area contributed by atoms with Crippen LogP contribution in [0.5, 0.6) is 0 Å². The molecule has 3 aromatic rings. The van der Waals surface area contributed by atoms with E-state index in [9.17, 15) is 4.79 Å². The predicted molar refractivity (Wildman–Crippen MR) is 103 cm³/mol. The molecule has 0 radical (unpaired) electrons. The van der Waals surface area contributed by atoms with E-state index in [0.29, 0.717) is 23.8 Å². The number of nitrogens with zero attached hydrogens (tertiary/aromatic N) is 3. The molecule has 0 fully saturated rings. The SMILES string of the molecule is Cc1cnc(-c2cc3c(s2)C(NC(=O)c2ccc(N(C)C)cc2)=NC3)o1. The average Bonchev–Trinajstić information content (AvgIpc) is 3.32. The molecule has 26 heavy (non-hydrogen) atoms. The maximum Gasteiger partial charge on any atom is 0.256 e. The summed E-state index contributed by atoms with van der Waals surface area (Å²) in [6.07, 6.45) is 1.70. The number of aliphatic imine (C=N–C) groups is 1. The standard InChI is InChI=1S/C19H18N4O2S/c1-11-9-21-19(25-11)15-8-13-10-20-17(16(13)26-15)22-18(24)12-4-6-14(7-5-12)23(2)3/h4-9H,10H2,1-3H3,(H,20,22,24). The van der Waals surface area contributed by atoms with Crippen LogP contribution in [-0.2, 0) is 6.54 Å². The van der Waals surface area contributed by atoms with Crippen LogP contribution in [0.15, 0.2) is 45.9 Å². The summed E-state index contributed by atoms with van der Waals surface area (Å²) in [6, 6.07) is 9.50. The van der Waals surface area contributed by atoms with Gasteiger partial charge in [0.25, 0.3) is 5.91 Å². The Balaban J connectivity index is 1.52. The summed E-state index contributed by atoms with van der Waals surface area (Å²) in [7, 11) is 3.93. The summed E-state index contributed by atoms with van der Waals surface area (Å²) in [5.74, 6) is 1.83. The van der Waals surface area contributed by atoms with Crippen molar-refractivity contribution in [3.05, 3.63) is 58.3 Å². The topological polar surface area (TPSA) is 70.7 Å². The number of nitrogens with one attached hydrogen (secondary N) is 1. The van der Waals surface area contributed by atoms with E-state index in [1.807, 2.05) is 56.3 Å². The number of amides is 1. The van der Waals surface area contributed by atoms with Crippen LogP contribution in [0.1, 0.15) is 26.6 Å². The van der Waals surface area contributed by atoms with Crippen molar-refractivity contribution in [3.8, 4) is 10.8 Å². The molecule has 0 spiro atoms. The van der Waals surface area contributed by atoms with E-state index in [1.54, 1.807) is 6.20 Å². The fraction of sp³-hybridized carbons (Fsp3) is 0.211. The third kappa shape index (κ3) is 3.01. The highest BCUT2D eigenvalue weighted by Gasteiger charge is 2.23. The van der Waals surface area contributed by atoms with Gasteiger partial charge in [0.2, 0.25) is 5.89 Å². The molecule has 0 saturated carbocycles. The molecule has 4 rings (SSSR count). The lowest BCUT2D eigenvalue weighted by atomic mass is 10.2. The molecule has 6 nitrogen and oxygen atoms in total. The Kier molecular flexibility index (Phi) is 4.08. The largest absolute Gasteiger partial charge is 0.441 e. The van der Waals surface area contributed by atoms with Gasteiger partial charge in [-0.15, -0.1) is 11.3 Å². The van der Waals surface area contributed by atoms with Crippen molar-refractivity contribution >= 4 is 28.8 Å². The Morgan fingerprint density at radius 3 is 2.69 bits per heavy atom. The molecular formula is C19H18N4O2S. The van der Waals surface area contributed by atoms with Crippen molar-refractivity contribution in [1.29, 1.82) is 0 Å². The highest BCUT2D eigenvalue weighted by molar-refractivity contribution is 7.17. The highest BCUT2D eigenvalue weighted by Crippen LogP contribution is 2.34. The number of aromatic nitrogens is 1. The molecule has 1 N–H and O–H groups in total. The molecule has 1 aliphatic heterocycles. The Morgan fingerprint density at radius 1 is 1.27 bits per heavy atom. The van der Waals surface area contributed by atoms with Crippen LogP contribution < -0.4 is 10.2 Å². The van der Waals surface area contributed by atoms with E-state index >= 15 is 0 Å². The first-order chi connectivity index (χ1) is 12.5. The van der Waals surface area contributed by atoms with Gasteiger partial charge in [-0.1, -0.05) is 0 Å². The predicted octanol–water partition coefficient (Wildman–Crippen LogP) is 3.47. The monoisotopic (exact) mass is 366 g/mol. The molecular weight excluding hydrogens is 348 g/mol. The lowest BCUT2D eigenvalue weighted by molar-refractivity contribution is 0.0977. The van der Waals surface area contributed by atoms with Crippen molar-refractivity contribution < 1.29 is 9.21 Å². The second-order valence-electron chi connectivity index (χ2n) is 6.30. The number of amidine groups is 1. The first-order valence-corrected chi connectivity index (χ1v) is 9.02. The smallest absolute Gasteiger partial charge is 0.256 e. The van der Waals surface area contributed by atoms with Crippen LogP contribution in [0.4, 0.5) is 5.69 Å². The van der Waals surface area contributed by atoms with Gasteiger partial charge in [0.15, 0.2) is 0 Å². The van der Waals surface area contributed by atoms with Gasteiger partial charge in [0.1, 0.15) is 11.6 Å². The van der Waals surface area contributed by atoms with Gasteiger partial charge in [0, 0.05) is 25.3 Å². The quantitative estimate of drug-likeness (QED) is 0.770. The maximum absolute atomic E-state index is 12.5. The number of thiophene rings is 1. The van der Waals surface area contributed by atoms with E-state index in [0.717, 1.165) is 26.8 Å². The molecule has 0 atom stereocenters. The highest BCUT2D eigenvalue weighted by atomic mass is 32.1. The van der Waals surface area contributed by atoms with Crippen LogP contribution in [-0.4, -0.2) is 30.8 Å². The second-order valence-corrected chi connectivity index (χ2v) is 7.35. The summed E-state index contributed by atoms with van der Waals surface area (Å²) in [5, 5.41) is 2.93. The Bertz CT molecular complexity index is 999. The summed E-state index contributed by atoms with van der Waals surface area (Å²) in [5.41, 5.74) is 2.73. The number of fused-ring (bicyclic) bond motifs is 1.